The van der Waals surface area contributed by atoms with Crippen molar-refractivity contribution in [2.75, 3.05) is 0 Å². The number of nitrogens with one attached hydrogen (secondary N) is 2. The maximum absolute atomic E-state index is 12.5. The fourth-order valence-electron chi connectivity index (χ4n) is 2.89. The Labute approximate surface area is 147 Å². The van der Waals surface area contributed by atoms with Crippen molar-refractivity contribution in [3.8, 4) is 0 Å². The highest BCUT2D eigenvalue weighted by Gasteiger charge is 2.24. The van der Waals surface area contributed by atoms with Crippen molar-refractivity contribution in [3.63, 3.8) is 0 Å². The van der Waals surface area contributed by atoms with Crippen molar-refractivity contribution in [3.05, 3.63) is 70.9 Å². The first-order chi connectivity index (χ1) is 11.4. The second-order valence-corrected chi connectivity index (χ2v) is 7.00. The van der Waals surface area contributed by atoms with Crippen molar-refractivity contribution in [2.45, 2.75) is 32.2 Å². The third kappa shape index (κ3) is 3.80. The molecule has 1 aromatic carbocycles. The Morgan fingerprint density at radius 3 is 2.96 bits per heavy atom. The van der Waals surface area contributed by atoms with Gasteiger partial charge in [-0.1, -0.05) is 42.0 Å². The number of hydrogen-bond acceptors (Lipinski definition) is 1. The predicted octanol–water partition coefficient (Wildman–Crippen LogP) is 4.70. The van der Waals surface area contributed by atoms with Crippen LogP contribution in [-0.2, 0) is 11.2 Å². The molecule has 0 aliphatic heterocycles. The van der Waals surface area contributed by atoms with Gasteiger partial charge in [-0.25, -0.2) is 0 Å². The number of rotatable bonds is 4. The number of fused-ring (bicyclic) bond motifs is 1. The molecule has 0 saturated carbocycles. The fraction of sp³-hybridized carbons (Fsp3) is 0.250. The molecule has 124 valence electrons. The molecule has 0 fully saturated rings. The van der Waals surface area contributed by atoms with Crippen molar-refractivity contribution in [1.29, 1.82) is 0 Å². The molecule has 0 unspecified atom stereocenters. The summed E-state index contributed by atoms with van der Waals surface area (Å²) in [5, 5.41) is 4.83. The highest BCUT2D eigenvalue weighted by Crippen LogP contribution is 2.22. The summed E-state index contributed by atoms with van der Waals surface area (Å²) in [5.74, 6) is -0.0137. The minimum absolute atomic E-state index is 0.0137. The van der Waals surface area contributed by atoms with E-state index >= 15 is 0 Å². The summed E-state index contributed by atoms with van der Waals surface area (Å²) in [7, 11) is 0. The number of allylic oxidation sites excluding steroid dienone is 4. The Morgan fingerprint density at radius 2 is 2.12 bits per heavy atom. The first-order valence-electron chi connectivity index (χ1n) is 8.06. The Kier molecular flexibility index (Phi) is 4.63. The zero-order valence-electron chi connectivity index (χ0n) is 13.9. The molecular weight excluding hydrogens is 320 g/mol. The molecule has 4 heteroatoms. The molecule has 0 saturated heterocycles. The van der Waals surface area contributed by atoms with E-state index in [-0.39, 0.29) is 5.91 Å². The van der Waals surface area contributed by atoms with E-state index in [4.69, 9.17) is 11.6 Å². The lowest BCUT2D eigenvalue weighted by Gasteiger charge is -2.27. The van der Waals surface area contributed by atoms with Crippen LogP contribution in [0.25, 0.3) is 10.9 Å². The van der Waals surface area contributed by atoms with Gasteiger partial charge in [-0.2, -0.15) is 0 Å². The van der Waals surface area contributed by atoms with Crippen LogP contribution in [0.4, 0.5) is 0 Å². The molecule has 1 aliphatic carbocycles. The largest absolute Gasteiger partial charge is 0.358 e. The molecule has 0 atom stereocenters. The Morgan fingerprint density at radius 1 is 1.29 bits per heavy atom. The van der Waals surface area contributed by atoms with Gasteiger partial charge in [0.2, 0.25) is 5.91 Å². The third-order valence-corrected chi connectivity index (χ3v) is 4.38. The number of H-pyrrole nitrogens is 1. The molecular formula is C20H21ClN2O. The molecule has 24 heavy (non-hydrogen) atoms. The molecule has 1 aliphatic rings. The Hall–Kier alpha value is -2.26. The second kappa shape index (κ2) is 6.70. The number of aromatic nitrogens is 1. The molecule has 0 radical (unpaired) electrons. The molecule has 1 aromatic heterocycles. The number of hydrogen-bond donors (Lipinski definition) is 2. The van der Waals surface area contributed by atoms with E-state index in [0.717, 1.165) is 28.6 Å². The summed E-state index contributed by atoms with van der Waals surface area (Å²) < 4.78 is 0. The fourth-order valence-corrected chi connectivity index (χ4v) is 3.07. The molecule has 1 heterocycles. The highest BCUT2D eigenvalue weighted by atomic mass is 35.5. The van der Waals surface area contributed by atoms with Crippen LogP contribution >= 0.6 is 11.6 Å². The van der Waals surface area contributed by atoms with Crippen molar-refractivity contribution >= 4 is 28.4 Å². The molecule has 0 spiro atoms. The number of carbonyl (C=O) groups is 1. The van der Waals surface area contributed by atoms with Gasteiger partial charge in [0, 0.05) is 21.6 Å². The molecule has 2 N–H and O–H groups in total. The standard InChI is InChI=1S/C20H21ClN2O/c1-20(2,15-7-5-3-4-6-8-15)23-19(24)13-17-12-14-11-16(21)9-10-18(14)22-17/h3,5-12,22H,4,13H2,1-2H3,(H,23,24). The average Bonchev–Trinajstić information content (AvgIpc) is 2.72. The quantitative estimate of drug-likeness (QED) is 0.832. The Balaban J connectivity index is 1.72. The van der Waals surface area contributed by atoms with Crippen LogP contribution in [0, 0.1) is 0 Å². The lowest BCUT2D eigenvalue weighted by molar-refractivity contribution is -0.121. The van der Waals surface area contributed by atoms with Gasteiger partial charge < -0.3 is 10.3 Å². The third-order valence-electron chi connectivity index (χ3n) is 4.14. The van der Waals surface area contributed by atoms with Crippen molar-refractivity contribution in [1.82, 2.24) is 10.3 Å². The van der Waals surface area contributed by atoms with Crippen molar-refractivity contribution in [2.24, 2.45) is 0 Å². The lowest BCUT2D eigenvalue weighted by atomic mass is 9.93. The van der Waals surface area contributed by atoms with Crippen LogP contribution in [-0.4, -0.2) is 16.4 Å². The maximum atomic E-state index is 12.5. The smallest absolute Gasteiger partial charge is 0.226 e. The number of aromatic amines is 1. The van der Waals surface area contributed by atoms with E-state index in [1.54, 1.807) is 0 Å². The Bertz CT molecular complexity index is 856. The molecule has 3 nitrogen and oxygen atoms in total. The number of carbonyl (C=O) groups excluding carboxylic acids is 1. The van der Waals surface area contributed by atoms with Gasteiger partial charge >= 0.3 is 0 Å². The van der Waals surface area contributed by atoms with Crippen LogP contribution in [0.1, 0.15) is 26.0 Å². The molecule has 0 bridgehead atoms. The van der Waals surface area contributed by atoms with E-state index in [1.807, 2.05) is 44.2 Å². The second-order valence-electron chi connectivity index (χ2n) is 6.56. The van der Waals surface area contributed by atoms with E-state index in [1.165, 1.54) is 0 Å². The number of halogens is 1. The summed E-state index contributed by atoms with van der Waals surface area (Å²) in [6.45, 7) is 4.04. The van der Waals surface area contributed by atoms with Crippen molar-refractivity contribution < 1.29 is 4.79 Å². The zero-order valence-corrected chi connectivity index (χ0v) is 14.7. The highest BCUT2D eigenvalue weighted by molar-refractivity contribution is 6.31. The predicted molar refractivity (Wildman–Crippen MR) is 100 cm³/mol. The minimum atomic E-state index is -0.419. The van der Waals surface area contributed by atoms with Crippen LogP contribution in [0.5, 0.6) is 0 Å². The van der Waals surface area contributed by atoms with Gasteiger partial charge in [0.25, 0.3) is 0 Å². The normalized spacial score (nSPS) is 14.5. The van der Waals surface area contributed by atoms with E-state index < -0.39 is 5.54 Å². The summed E-state index contributed by atoms with van der Waals surface area (Å²) in [5.41, 5.74) is 2.54. The van der Waals surface area contributed by atoms with Crippen LogP contribution in [0.2, 0.25) is 5.02 Å². The topological polar surface area (TPSA) is 44.9 Å². The van der Waals surface area contributed by atoms with Gasteiger partial charge in [-0.05, 0) is 50.1 Å². The SMILES string of the molecule is CC(C)(NC(=O)Cc1cc2cc(Cl)ccc2[nH]1)C1=CC=CCC=C1. The number of benzene rings is 1. The molecule has 1 amide bonds. The van der Waals surface area contributed by atoms with Gasteiger partial charge in [0.1, 0.15) is 0 Å². The minimum Gasteiger partial charge on any atom is -0.358 e. The summed E-state index contributed by atoms with van der Waals surface area (Å²) >= 11 is 6.01. The van der Waals surface area contributed by atoms with Crippen LogP contribution in [0.15, 0.2) is 60.2 Å². The first-order valence-corrected chi connectivity index (χ1v) is 8.44. The summed E-state index contributed by atoms with van der Waals surface area (Å²) in [6, 6.07) is 7.63. The lowest BCUT2D eigenvalue weighted by Crippen LogP contribution is -2.45. The van der Waals surface area contributed by atoms with Gasteiger partial charge in [0.05, 0.1) is 12.0 Å². The number of amides is 1. The van der Waals surface area contributed by atoms with Crippen LogP contribution < -0.4 is 5.32 Å². The first kappa shape index (κ1) is 16.6. The van der Waals surface area contributed by atoms with E-state index in [9.17, 15) is 4.79 Å². The van der Waals surface area contributed by atoms with Crippen LogP contribution in [0.3, 0.4) is 0 Å². The maximum Gasteiger partial charge on any atom is 0.226 e. The van der Waals surface area contributed by atoms with Gasteiger partial charge in [-0.15, -0.1) is 0 Å². The molecule has 3 rings (SSSR count). The van der Waals surface area contributed by atoms with E-state index in [2.05, 4.69) is 34.6 Å². The average molecular weight is 341 g/mol. The van der Waals surface area contributed by atoms with Gasteiger partial charge in [0.15, 0.2) is 0 Å². The zero-order chi connectivity index (χ0) is 17.2. The molecule has 2 aromatic rings. The van der Waals surface area contributed by atoms with Gasteiger partial charge in [-0.3, -0.25) is 4.79 Å². The van der Waals surface area contributed by atoms with E-state index in [0.29, 0.717) is 11.4 Å². The monoisotopic (exact) mass is 340 g/mol. The summed E-state index contributed by atoms with van der Waals surface area (Å²) in [6.07, 6.45) is 11.6. The summed E-state index contributed by atoms with van der Waals surface area (Å²) in [4.78, 5) is 15.7.